The molecule has 14 rings (SSSR count). The van der Waals surface area contributed by atoms with Crippen LogP contribution in [0.4, 0.5) is 0 Å². The van der Waals surface area contributed by atoms with Crippen molar-refractivity contribution in [2.45, 2.75) is 163 Å². The first-order valence-corrected chi connectivity index (χ1v) is 38.9. The van der Waals surface area contributed by atoms with Crippen LogP contribution in [-0.4, -0.2) is 182 Å². The molecule has 0 aromatic heterocycles. The lowest BCUT2D eigenvalue weighted by molar-refractivity contribution is -0.244. The van der Waals surface area contributed by atoms with Gasteiger partial charge in [0.25, 0.3) is 0 Å². The smallest absolute Gasteiger partial charge is 0.248 e. The van der Waals surface area contributed by atoms with Gasteiger partial charge in [0.15, 0.2) is 23.0 Å². The number of benzene rings is 7. The topological polar surface area (TPSA) is 476 Å². The van der Waals surface area contributed by atoms with E-state index in [0.717, 1.165) is 106 Å². The average molecular weight is 1640 g/mol. The van der Waals surface area contributed by atoms with Crippen molar-refractivity contribution in [2.75, 3.05) is 40.8 Å². The van der Waals surface area contributed by atoms with Gasteiger partial charge >= 0.3 is 0 Å². The lowest BCUT2D eigenvalue weighted by Crippen LogP contribution is -2.65. The Hall–Kier alpha value is -11.2. The number of phenols is 5. The Labute approximate surface area is 676 Å². The highest BCUT2D eigenvalue weighted by molar-refractivity contribution is 6.33. The van der Waals surface area contributed by atoms with Gasteiger partial charge < -0.3 is 122 Å². The highest BCUT2D eigenvalue weighted by Gasteiger charge is 2.48. The predicted molar refractivity (Wildman–Crippen MR) is 419 cm³/mol. The molecule has 32 nitrogen and oxygen atoms in total. The van der Waals surface area contributed by atoms with Crippen LogP contribution in [0.1, 0.15) is 153 Å². The van der Waals surface area contributed by atoms with Crippen LogP contribution < -0.4 is 66.8 Å². The SMILES string of the molecule is CCCCCCCCCCCC(=O)N[C@H]1[C@H](Oc2c3cc4cc2Oc2ccc(cc2Cl)[C@@H](O)[C@@H]2NC(=O)[C@H](NC(=O)[C@@H]4NC(=O)[C@H]4NC(=O)[C@@H](Cc5ccc(cc5)O3)NC(=O)[C@H](NC)c3ccc(O)c(c3)Oc3cc(O)c(Cl)c4c3)c3ccc(O)c(c3)-c3c(O)cc(O)cc3[C@H](C(=O)NCCCN(C)C)NC2=O)O[C@H](CO)[C@@H](O)[C@@H]1O. The Morgan fingerprint density at radius 2 is 1.21 bits per heavy atom. The van der Waals surface area contributed by atoms with E-state index < -0.39 is 195 Å². The number of aliphatic hydroxyl groups is 4. The second-order valence-corrected chi connectivity index (χ2v) is 30.2. The molecule has 116 heavy (non-hydrogen) atoms. The number of fused-ring (bicyclic) bond motifs is 14. The van der Waals surface area contributed by atoms with Crippen LogP contribution in [-0.2, 0) is 49.5 Å². The van der Waals surface area contributed by atoms with Gasteiger partial charge in [0.2, 0.25) is 59.3 Å². The Bertz CT molecular complexity index is 4860. The van der Waals surface area contributed by atoms with Crippen molar-refractivity contribution in [3.05, 3.63) is 164 Å². The fraction of sp³-hybridized carbons (Fsp3) is 0.390. The lowest BCUT2D eigenvalue weighted by atomic mass is 9.89. The van der Waals surface area contributed by atoms with E-state index in [-0.39, 0.29) is 80.8 Å². The summed E-state index contributed by atoms with van der Waals surface area (Å²) < 4.78 is 32.8. The number of aromatic hydroxyl groups is 5. The molecule has 13 atom stereocenters. The number of halogens is 2. The van der Waals surface area contributed by atoms with E-state index in [9.17, 15) is 60.3 Å². The number of amides is 8. The Morgan fingerprint density at radius 3 is 1.91 bits per heavy atom. The highest BCUT2D eigenvalue weighted by Crippen LogP contribution is 2.50. The molecule has 0 saturated carbocycles. The molecular formula is C82H92Cl2N10O22. The van der Waals surface area contributed by atoms with Gasteiger partial charge in [0.1, 0.15) is 113 Å². The minimum absolute atomic E-state index is 0.0140. The maximum atomic E-state index is 16.6. The predicted octanol–water partition coefficient (Wildman–Crippen LogP) is 6.75. The summed E-state index contributed by atoms with van der Waals surface area (Å²) in [5.41, 5.74) is -1.82. The number of unbranched alkanes of at least 4 members (excludes halogenated alkanes) is 8. The summed E-state index contributed by atoms with van der Waals surface area (Å²) >= 11 is 14.2. The zero-order valence-corrected chi connectivity index (χ0v) is 65.1. The van der Waals surface area contributed by atoms with Crippen LogP contribution in [0.2, 0.25) is 10.0 Å². The van der Waals surface area contributed by atoms with Crippen molar-refractivity contribution in [1.82, 2.24) is 52.8 Å². The molecule has 7 heterocycles. The van der Waals surface area contributed by atoms with E-state index in [1.165, 1.54) is 61.6 Å². The first-order valence-electron chi connectivity index (χ1n) is 38.1. The van der Waals surface area contributed by atoms with Crippen LogP contribution in [0, 0.1) is 0 Å². The molecule has 616 valence electrons. The Kier molecular flexibility index (Phi) is 27.0. The first-order chi connectivity index (χ1) is 55.6. The number of aliphatic hydroxyl groups excluding tert-OH is 4. The number of hydrogen-bond donors (Lipinski definition) is 18. The van der Waals surface area contributed by atoms with E-state index in [2.05, 4.69) is 54.8 Å². The fourth-order valence-corrected chi connectivity index (χ4v) is 15.1. The van der Waals surface area contributed by atoms with Gasteiger partial charge in [-0.05, 0) is 147 Å². The van der Waals surface area contributed by atoms with Gasteiger partial charge in [-0.25, -0.2) is 0 Å². The molecule has 17 bridgehead atoms. The summed E-state index contributed by atoms with van der Waals surface area (Å²) in [6.45, 7) is 1.73. The molecule has 1 fully saturated rings. The van der Waals surface area contributed by atoms with Crippen molar-refractivity contribution in [2.24, 2.45) is 0 Å². The van der Waals surface area contributed by atoms with E-state index in [4.69, 9.17) is 46.9 Å². The minimum atomic E-state index is -2.32. The second kappa shape index (κ2) is 37.2. The third-order valence-corrected chi connectivity index (χ3v) is 21.5. The fourth-order valence-electron chi connectivity index (χ4n) is 14.6. The maximum Gasteiger partial charge on any atom is 0.248 e. The minimum Gasteiger partial charge on any atom is -0.508 e. The number of likely N-dealkylation sites (N-methyl/N-ethyl adjacent to an activating group) is 1. The number of phenolic OH excluding ortho intramolecular Hbond substituents is 5. The average Bonchev–Trinajstić information content (AvgIpc) is 0.763. The molecule has 1 saturated heterocycles. The van der Waals surface area contributed by atoms with Gasteiger partial charge in [-0.15, -0.1) is 0 Å². The van der Waals surface area contributed by atoms with Crippen molar-refractivity contribution in [3.63, 3.8) is 0 Å². The first kappa shape index (κ1) is 84.2. The summed E-state index contributed by atoms with van der Waals surface area (Å²) in [4.78, 5) is 125. The van der Waals surface area contributed by atoms with Crippen LogP contribution in [0.15, 0.2) is 115 Å². The summed E-state index contributed by atoms with van der Waals surface area (Å²) in [5, 5.41) is 128. The largest absolute Gasteiger partial charge is 0.508 e. The number of carbonyl (C=O) groups excluding carboxylic acids is 8. The van der Waals surface area contributed by atoms with Crippen molar-refractivity contribution >= 4 is 70.5 Å². The molecule has 34 heteroatoms. The monoisotopic (exact) mass is 1640 g/mol. The van der Waals surface area contributed by atoms with E-state index in [0.29, 0.717) is 31.4 Å². The van der Waals surface area contributed by atoms with Crippen LogP contribution in [0.5, 0.6) is 69.0 Å². The maximum absolute atomic E-state index is 16.6. The molecule has 7 aliphatic rings. The van der Waals surface area contributed by atoms with Crippen molar-refractivity contribution < 1.29 is 108 Å². The highest BCUT2D eigenvalue weighted by atomic mass is 35.5. The number of nitrogens with zero attached hydrogens (tertiary/aromatic N) is 1. The van der Waals surface area contributed by atoms with Crippen molar-refractivity contribution in [1.29, 1.82) is 0 Å². The van der Waals surface area contributed by atoms with Gasteiger partial charge in [0.05, 0.1) is 16.7 Å². The molecule has 18 N–H and O–H groups in total. The lowest BCUT2D eigenvalue weighted by Gasteiger charge is -2.42. The number of nitrogens with one attached hydrogen (secondary N) is 9. The summed E-state index contributed by atoms with van der Waals surface area (Å²) in [5.74, 6) is -14.5. The third-order valence-electron chi connectivity index (χ3n) is 20.8. The molecule has 0 spiro atoms. The normalized spacial score (nSPS) is 23.3. The van der Waals surface area contributed by atoms with Gasteiger partial charge in [-0.3, -0.25) is 38.4 Å². The van der Waals surface area contributed by atoms with Crippen LogP contribution in [0.3, 0.4) is 0 Å². The molecule has 7 aliphatic heterocycles. The zero-order valence-electron chi connectivity index (χ0n) is 63.6. The Morgan fingerprint density at radius 1 is 0.569 bits per heavy atom. The van der Waals surface area contributed by atoms with E-state index >= 15 is 24.0 Å². The Balaban J connectivity index is 1.08. The summed E-state index contributed by atoms with van der Waals surface area (Å²) in [6.07, 6.45) is -1.06. The van der Waals surface area contributed by atoms with Crippen LogP contribution >= 0.6 is 23.2 Å². The number of hydrogen-bond acceptors (Lipinski definition) is 24. The van der Waals surface area contributed by atoms with Crippen molar-refractivity contribution in [3.8, 4) is 80.1 Å². The standard InChI is InChI=1S/C82H92Cl2N10O22/c1-5-6-7-8-9-10-11-12-13-15-61(101)88-70-73(104)72(103)60(38-95)115-82(70)116-74-58-32-43-33-59(74)114-56-25-20-42(30-50(56)83)71(102)69-81(111)92-67(76(106)86-26-14-27-94(3)4)48-34-44(96)35-54(99)62(48)47-29-40(18-23-52(47)97)65(78(108)93-69)89-79(109)66(43)90-80(110)68-49-36-46(37-55(100)63(49)84)113-57-31-41(19-24-53(57)98)64(85-2)77(107)87-51(75(105)91-68)28-39-16-21-45(112-58)22-17-39/h16-25,29-37,51,60,64-73,82,85,95-100,102-104H,5-15,26-28,38H2,1-4H3,(H,86,106)(H,87,107)(H,88,101)(H,89,109)(H,90,110)(H,91,105)(H,92,111)(H,93,108)/t51-,60-,64-,65-,66-,67-,68+,69+,70-,71-,72-,73-,82+/m1/s1. The van der Waals surface area contributed by atoms with Gasteiger partial charge in [-0.2, -0.15) is 0 Å². The molecule has 7 aromatic carbocycles. The summed E-state index contributed by atoms with van der Waals surface area (Å²) in [7, 11) is 5.07. The van der Waals surface area contributed by atoms with Gasteiger partial charge in [0, 0.05) is 48.2 Å². The molecular weight excluding hydrogens is 1550 g/mol. The molecule has 0 radical (unpaired) electrons. The van der Waals surface area contributed by atoms with Crippen LogP contribution in [0.25, 0.3) is 11.1 Å². The van der Waals surface area contributed by atoms with Gasteiger partial charge in [-0.1, -0.05) is 112 Å². The quantitative estimate of drug-likeness (QED) is 0.0351. The number of rotatable bonds is 20. The molecule has 7 aromatic rings. The van der Waals surface area contributed by atoms with E-state index in [1.54, 1.807) is 14.1 Å². The summed E-state index contributed by atoms with van der Waals surface area (Å²) in [6, 6.07) is 7.84. The molecule has 8 amide bonds. The van der Waals surface area contributed by atoms with E-state index in [1.807, 2.05) is 4.90 Å². The number of ether oxygens (including phenoxy) is 5. The third kappa shape index (κ3) is 19.2. The second-order valence-electron chi connectivity index (χ2n) is 29.4. The number of carbonyl (C=O) groups is 8. The molecule has 0 unspecified atom stereocenters. The zero-order chi connectivity index (χ0) is 82.9. The molecule has 0 aliphatic carbocycles.